The number of aryl methyl sites for hydroxylation is 1. The van der Waals surface area contributed by atoms with E-state index in [0.717, 1.165) is 111 Å². The second-order valence-electron chi connectivity index (χ2n) is 16.2. The van der Waals surface area contributed by atoms with Crippen LogP contribution >= 0.6 is 0 Å². The number of carbonyl (C=O) groups excluding carboxylic acids is 2. The SMILES string of the molecule is O=C1CCC(N2Cc3cc(N4CCN(CC5CCN(c6ccc([C@@H]7c8ccc(O)cc8CC[C@@H]7c7ccccc7)c(F)c6)CC5)CC4)ccc3C2O)C(=O)N1. The molecule has 3 saturated heterocycles. The number of aliphatic hydroxyl groups excluding tert-OH is 1. The smallest absolute Gasteiger partial charge is 0.244 e. The van der Waals surface area contributed by atoms with E-state index in [0.29, 0.717) is 25.3 Å². The summed E-state index contributed by atoms with van der Waals surface area (Å²) < 4.78 is 16.3. The number of aromatic hydroxyl groups is 1. The van der Waals surface area contributed by atoms with Crippen LogP contribution in [0.3, 0.4) is 0 Å². The minimum atomic E-state index is -0.848. The lowest BCUT2D eigenvalue weighted by atomic mass is 9.69. The van der Waals surface area contributed by atoms with E-state index in [-0.39, 0.29) is 35.2 Å². The van der Waals surface area contributed by atoms with E-state index in [9.17, 15) is 19.8 Å². The number of imide groups is 1. The second kappa shape index (κ2) is 15.0. The number of benzene rings is 4. The zero-order valence-electron chi connectivity index (χ0n) is 31.2. The number of carbonyl (C=O) groups is 2. The minimum Gasteiger partial charge on any atom is -0.508 e. The molecule has 4 aromatic rings. The lowest BCUT2D eigenvalue weighted by molar-refractivity contribution is -0.141. The summed E-state index contributed by atoms with van der Waals surface area (Å²) in [5, 5.41) is 23.6. The van der Waals surface area contributed by atoms with Crippen LogP contribution in [0.15, 0.2) is 84.9 Å². The molecular formula is C45H50FN5O4. The number of fused-ring (bicyclic) bond motifs is 2. The predicted molar refractivity (Wildman–Crippen MR) is 211 cm³/mol. The highest BCUT2D eigenvalue weighted by atomic mass is 19.1. The number of hydrogen-bond donors (Lipinski definition) is 3. The third kappa shape index (κ3) is 7.12. The third-order valence-electron chi connectivity index (χ3n) is 13.1. The first-order valence-electron chi connectivity index (χ1n) is 20.1. The summed E-state index contributed by atoms with van der Waals surface area (Å²) in [4.78, 5) is 33.3. The molecule has 286 valence electrons. The van der Waals surface area contributed by atoms with Crippen LogP contribution in [0.5, 0.6) is 5.75 Å². The number of piperidine rings is 2. The number of phenolic OH excluding ortho intramolecular Hbond substituents is 1. The summed E-state index contributed by atoms with van der Waals surface area (Å²) in [7, 11) is 0. The van der Waals surface area contributed by atoms with Gasteiger partial charge in [0.05, 0.1) is 6.04 Å². The van der Waals surface area contributed by atoms with Crippen molar-refractivity contribution >= 4 is 23.2 Å². The molecule has 4 aromatic carbocycles. The summed E-state index contributed by atoms with van der Waals surface area (Å²) in [5.41, 5.74) is 8.14. The van der Waals surface area contributed by atoms with E-state index in [4.69, 9.17) is 0 Å². The quantitative estimate of drug-likeness (QED) is 0.197. The van der Waals surface area contributed by atoms with Crippen LogP contribution in [0.4, 0.5) is 15.8 Å². The number of amides is 2. The number of anilines is 2. The Labute approximate surface area is 322 Å². The van der Waals surface area contributed by atoms with Crippen molar-refractivity contribution in [3.63, 3.8) is 0 Å². The average Bonchev–Trinajstić information content (AvgIpc) is 3.53. The summed E-state index contributed by atoms with van der Waals surface area (Å²) in [6.07, 6.45) is 3.79. The predicted octanol–water partition coefficient (Wildman–Crippen LogP) is 6.04. The maximum atomic E-state index is 16.3. The van der Waals surface area contributed by atoms with Gasteiger partial charge in [-0.2, -0.15) is 0 Å². The van der Waals surface area contributed by atoms with Crippen molar-refractivity contribution < 1.29 is 24.2 Å². The summed E-state index contributed by atoms with van der Waals surface area (Å²) in [5.74, 6) is 0.187. The summed E-state index contributed by atoms with van der Waals surface area (Å²) in [6.45, 7) is 7.23. The summed E-state index contributed by atoms with van der Waals surface area (Å²) in [6, 6.07) is 27.6. The van der Waals surface area contributed by atoms with Crippen molar-refractivity contribution in [2.24, 2.45) is 5.92 Å². The molecule has 4 atom stereocenters. The van der Waals surface area contributed by atoms with Gasteiger partial charge in [-0.25, -0.2) is 4.39 Å². The number of nitrogens with zero attached hydrogens (tertiary/aromatic N) is 4. The number of phenols is 1. The molecule has 3 N–H and O–H groups in total. The fraction of sp³-hybridized carbons (Fsp3) is 0.422. The van der Waals surface area contributed by atoms with Gasteiger partial charge < -0.3 is 20.0 Å². The van der Waals surface area contributed by atoms with E-state index >= 15 is 4.39 Å². The molecule has 4 aliphatic heterocycles. The van der Waals surface area contributed by atoms with Gasteiger partial charge in [0, 0.05) is 81.6 Å². The molecule has 0 aromatic heterocycles. The van der Waals surface area contributed by atoms with E-state index in [1.165, 1.54) is 5.56 Å². The standard InChI is InChI=1S/C45H50FN5O4/c46-40-26-34(8-12-39(40)43-36(30-4-2-1-3-5-30)10-6-31-25-35(52)9-13-37(31)43)49-18-16-29(17-19-49)27-48-20-22-50(23-21-48)33-7-11-38-32(24-33)28-51(45(38)55)41-14-15-42(53)47-44(41)54/h1-5,7-9,11-13,24-26,29,36,41,43,45,52,55H,6,10,14-23,27-28H2,(H,47,53,54)/t36-,41?,43+,45?/m1/s1. The average molecular weight is 744 g/mol. The van der Waals surface area contributed by atoms with Crippen LogP contribution in [-0.2, 0) is 22.6 Å². The van der Waals surface area contributed by atoms with Crippen molar-refractivity contribution in [3.8, 4) is 5.75 Å². The Balaban J connectivity index is 0.793. The number of rotatable bonds is 7. The normalized spacial score (nSPS) is 25.1. The first-order chi connectivity index (χ1) is 26.8. The van der Waals surface area contributed by atoms with E-state index in [2.05, 4.69) is 62.5 Å². The van der Waals surface area contributed by atoms with E-state index in [1.54, 1.807) is 17.0 Å². The largest absolute Gasteiger partial charge is 0.508 e. The van der Waals surface area contributed by atoms with Gasteiger partial charge in [-0.3, -0.25) is 24.7 Å². The number of hydrogen-bond acceptors (Lipinski definition) is 8. The molecule has 0 radical (unpaired) electrons. The van der Waals surface area contributed by atoms with Crippen LogP contribution in [0.2, 0.25) is 0 Å². The Bertz CT molecular complexity index is 2060. The van der Waals surface area contributed by atoms with Gasteiger partial charge in [0.25, 0.3) is 0 Å². The van der Waals surface area contributed by atoms with Crippen LogP contribution in [-0.4, -0.2) is 83.7 Å². The highest BCUT2D eigenvalue weighted by molar-refractivity contribution is 6.00. The fourth-order valence-electron chi connectivity index (χ4n) is 10.1. The lowest BCUT2D eigenvalue weighted by Crippen LogP contribution is -2.51. The molecule has 0 spiro atoms. The van der Waals surface area contributed by atoms with Gasteiger partial charge in [0.1, 0.15) is 17.8 Å². The molecule has 10 heteroatoms. The van der Waals surface area contributed by atoms with Crippen LogP contribution in [0.1, 0.15) is 83.5 Å². The lowest BCUT2D eigenvalue weighted by Gasteiger charge is -2.40. The highest BCUT2D eigenvalue weighted by Crippen LogP contribution is 2.48. The number of piperazine rings is 1. The minimum absolute atomic E-state index is 0.113. The molecule has 0 bridgehead atoms. The molecule has 3 fully saturated rings. The highest BCUT2D eigenvalue weighted by Gasteiger charge is 2.40. The molecule has 1 aliphatic carbocycles. The van der Waals surface area contributed by atoms with Crippen molar-refractivity contribution in [2.45, 2.75) is 69.2 Å². The number of halogens is 1. The molecule has 4 heterocycles. The Morgan fingerprint density at radius 1 is 0.709 bits per heavy atom. The Kier molecular flexibility index (Phi) is 9.82. The van der Waals surface area contributed by atoms with Gasteiger partial charge in [-0.1, -0.05) is 48.5 Å². The maximum Gasteiger partial charge on any atom is 0.244 e. The van der Waals surface area contributed by atoms with Gasteiger partial charge in [0.2, 0.25) is 11.8 Å². The van der Waals surface area contributed by atoms with E-state index in [1.807, 2.05) is 30.3 Å². The molecule has 9 rings (SSSR count). The molecule has 5 aliphatic rings. The Hall–Kier alpha value is -4.77. The Morgan fingerprint density at radius 2 is 1.42 bits per heavy atom. The first-order valence-corrected chi connectivity index (χ1v) is 20.1. The van der Waals surface area contributed by atoms with Crippen LogP contribution < -0.4 is 15.1 Å². The van der Waals surface area contributed by atoms with Gasteiger partial charge in [-0.15, -0.1) is 0 Å². The second-order valence-corrected chi connectivity index (χ2v) is 16.2. The van der Waals surface area contributed by atoms with Crippen molar-refractivity contribution in [1.29, 1.82) is 0 Å². The summed E-state index contributed by atoms with van der Waals surface area (Å²) >= 11 is 0. The zero-order valence-corrected chi connectivity index (χ0v) is 31.2. The first kappa shape index (κ1) is 35.9. The fourth-order valence-corrected chi connectivity index (χ4v) is 10.1. The Morgan fingerprint density at radius 3 is 2.16 bits per heavy atom. The van der Waals surface area contributed by atoms with E-state index < -0.39 is 12.3 Å². The molecule has 2 unspecified atom stereocenters. The van der Waals surface area contributed by atoms with Crippen molar-refractivity contribution in [1.82, 2.24) is 15.1 Å². The molecule has 9 nitrogen and oxygen atoms in total. The van der Waals surface area contributed by atoms with Gasteiger partial charge in [0.15, 0.2) is 0 Å². The maximum absolute atomic E-state index is 16.3. The van der Waals surface area contributed by atoms with Gasteiger partial charge in [-0.05, 0) is 108 Å². The van der Waals surface area contributed by atoms with Gasteiger partial charge >= 0.3 is 0 Å². The third-order valence-corrected chi connectivity index (χ3v) is 13.1. The monoisotopic (exact) mass is 743 g/mol. The number of aliphatic hydroxyl groups is 1. The zero-order chi connectivity index (χ0) is 37.6. The molecule has 0 saturated carbocycles. The number of nitrogens with one attached hydrogen (secondary N) is 1. The molecule has 55 heavy (non-hydrogen) atoms. The van der Waals surface area contributed by atoms with Crippen molar-refractivity contribution in [2.75, 3.05) is 55.6 Å². The van der Waals surface area contributed by atoms with Crippen LogP contribution in [0, 0.1) is 11.7 Å². The van der Waals surface area contributed by atoms with Crippen LogP contribution in [0.25, 0.3) is 0 Å². The van der Waals surface area contributed by atoms with Crippen molar-refractivity contribution in [3.05, 3.63) is 124 Å². The topological polar surface area (TPSA) is 99.6 Å². The molecule has 2 amide bonds. The molecular weight excluding hydrogens is 694 g/mol.